The van der Waals surface area contributed by atoms with Crippen molar-refractivity contribution in [2.75, 3.05) is 31.6 Å². The van der Waals surface area contributed by atoms with Crippen LogP contribution in [0.5, 0.6) is 0 Å². The zero-order valence-corrected chi connectivity index (χ0v) is 14.1. The number of likely N-dealkylation sites (tertiary alicyclic amines) is 1. The van der Waals surface area contributed by atoms with Crippen LogP contribution < -0.4 is 10.6 Å². The first-order chi connectivity index (χ1) is 11.5. The molecule has 6 heteroatoms. The second-order valence-corrected chi connectivity index (χ2v) is 6.71. The summed E-state index contributed by atoms with van der Waals surface area (Å²) in [6.07, 6.45) is 3.23. The van der Waals surface area contributed by atoms with E-state index in [1.54, 1.807) is 0 Å². The summed E-state index contributed by atoms with van der Waals surface area (Å²) < 4.78 is 5.70. The number of ether oxygens (including phenoxy) is 1. The van der Waals surface area contributed by atoms with E-state index in [0.717, 1.165) is 43.8 Å². The van der Waals surface area contributed by atoms with Crippen molar-refractivity contribution in [3.05, 3.63) is 29.8 Å². The molecule has 0 radical (unpaired) electrons. The number of hydrogen-bond donors (Lipinski definition) is 2. The number of amides is 2. The second-order valence-electron chi connectivity index (χ2n) is 6.71. The Morgan fingerprint density at radius 1 is 1.17 bits per heavy atom. The van der Waals surface area contributed by atoms with E-state index >= 15 is 0 Å². The van der Waals surface area contributed by atoms with Gasteiger partial charge in [-0.1, -0.05) is 12.1 Å². The summed E-state index contributed by atoms with van der Waals surface area (Å²) in [6, 6.07) is 7.49. The predicted octanol–water partition coefficient (Wildman–Crippen LogP) is 1.52. The molecule has 0 saturated carbocycles. The molecule has 2 aliphatic rings. The molecule has 0 aliphatic carbocycles. The van der Waals surface area contributed by atoms with Crippen molar-refractivity contribution in [2.24, 2.45) is 0 Å². The highest BCUT2D eigenvalue weighted by molar-refractivity contribution is 5.88. The van der Waals surface area contributed by atoms with Gasteiger partial charge >= 0.3 is 0 Å². The maximum atomic E-state index is 12.1. The van der Waals surface area contributed by atoms with E-state index in [1.165, 1.54) is 13.3 Å². The SMILES string of the molecule is CC(=O)Nc1ccc(CNC(=O)CN2CCC3(CCO3)CC2)cc1. The van der Waals surface area contributed by atoms with Gasteiger partial charge in [-0.3, -0.25) is 14.5 Å². The van der Waals surface area contributed by atoms with Crippen LogP contribution in [0.15, 0.2) is 24.3 Å². The standard InChI is InChI=1S/C18H25N3O3/c1-14(22)20-16-4-2-15(3-5-16)12-19-17(23)13-21-9-6-18(7-10-21)8-11-24-18/h2-5H,6-13H2,1H3,(H,19,23)(H,20,22). The summed E-state index contributed by atoms with van der Waals surface area (Å²) in [4.78, 5) is 25.3. The van der Waals surface area contributed by atoms with Crippen LogP contribution in [0.3, 0.4) is 0 Å². The summed E-state index contributed by atoms with van der Waals surface area (Å²) >= 11 is 0. The highest BCUT2D eigenvalue weighted by Gasteiger charge is 2.41. The molecule has 3 rings (SSSR count). The summed E-state index contributed by atoms with van der Waals surface area (Å²) in [5.74, 6) is -0.0434. The van der Waals surface area contributed by atoms with Crippen LogP contribution in [-0.2, 0) is 20.9 Å². The van der Waals surface area contributed by atoms with Gasteiger partial charge in [-0.2, -0.15) is 0 Å². The average molecular weight is 331 g/mol. The minimum atomic E-state index is -0.0911. The number of nitrogens with zero attached hydrogens (tertiary/aromatic N) is 1. The number of hydrogen-bond acceptors (Lipinski definition) is 4. The lowest BCUT2D eigenvalue weighted by molar-refractivity contribution is -0.173. The molecule has 0 aromatic heterocycles. The molecule has 2 amide bonds. The molecule has 1 spiro atoms. The Labute approximate surface area is 142 Å². The molecule has 0 bridgehead atoms. The number of carbonyl (C=O) groups is 2. The first-order valence-corrected chi connectivity index (χ1v) is 8.54. The van der Waals surface area contributed by atoms with Gasteiger partial charge in [-0.25, -0.2) is 0 Å². The van der Waals surface area contributed by atoms with Crippen molar-refractivity contribution in [3.8, 4) is 0 Å². The Morgan fingerprint density at radius 3 is 2.38 bits per heavy atom. The van der Waals surface area contributed by atoms with Crippen molar-refractivity contribution in [3.63, 3.8) is 0 Å². The Hall–Kier alpha value is -1.92. The van der Waals surface area contributed by atoms with Gasteiger partial charge in [0.1, 0.15) is 0 Å². The van der Waals surface area contributed by atoms with Crippen LogP contribution in [0.4, 0.5) is 5.69 Å². The predicted molar refractivity (Wildman–Crippen MR) is 91.6 cm³/mol. The quantitative estimate of drug-likeness (QED) is 0.858. The molecule has 2 fully saturated rings. The molecular formula is C18H25N3O3. The zero-order chi connectivity index (χ0) is 17.0. The van der Waals surface area contributed by atoms with Gasteiger partial charge in [0.05, 0.1) is 18.8 Å². The topological polar surface area (TPSA) is 70.7 Å². The molecule has 24 heavy (non-hydrogen) atoms. The van der Waals surface area contributed by atoms with Gasteiger partial charge in [0.15, 0.2) is 0 Å². The number of benzene rings is 1. The van der Waals surface area contributed by atoms with Crippen LogP contribution in [-0.4, -0.2) is 48.6 Å². The normalized spacial score (nSPS) is 19.5. The molecular weight excluding hydrogens is 306 g/mol. The fraction of sp³-hybridized carbons (Fsp3) is 0.556. The number of anilines is 1. The van der Waals surface area contributed by atoms with Crippen LogP contribution in [0, 0.1) is 0 Å². The summed E-state index contributed by atoms with van der Waals surface area (Å²) in [5.41, 5.74) is 1.90. The molecule has 0 atom stereocenters. The molecule has 130 valence electrons. The fourth-order valence-corrected chi connectivity index (χ4v) is 3.27. The monoisotopic (exact) mass is 331 g/mol. The first-order valence-electron chi connectivity index (χ1n) is 8.54. The van der Waals surface area contributed by atoms with E-state index in [0.29, 0.717) is 13.1 Å². The van der Waals surface area contributed by atoms with Crippen LogP contribution in [0.1, 0.15) is 31.7 Å². The summed E-state index contributed by atoms with van der Waals surface area (Å²) in [6.45, 7) is 5.17. The molecule has 6 nitrogen and oxygen atoms in total. The Kier molecular flexibility index (Phi) is 5.16. The molecule has 2 saturated heterocycles. The molecule has 0 unspecified atom stereocenters. The average Bonchev–Trinajstić information content (AvgIpc) is 2.53. The van der Waals surface area contributed by atoms with Gasteiger partial charge < -0.3 is 15.4 Å². The maximum absolute atomic E-state index is 12.1. The lowest BCUT2D eigenvalue weighted by Gasteiger charge is -2.47. The third-order valence-electron chi connectivity index (χ3n) is 4.86. The number of carbonyl (C=O) groups excluding carboxylic acids is 2. The second kappa shape index (κ2) is 7.32. The number of rotatable bonds is 5. The molecule has 2 N–H and O–H groups in total. The number of nitrogens with one attached hydrogen (secondary N) is 2. The number of piperidine rings is 1. The summed E-state index contributed by atoms with van der Waals surface area (Å²) in [5, 5.41) is 5.68. The Bertz CT molecular complexity index is 586. The minimum Gasteiger partial charge on any atom is -0.375 e. The van der Waals surface area contributed by atoms with E-state index in [9.17, 15) is 9.59 Å². The third kappa shape index (κ3) is 4.33. The largest absolute Gasteiger partial charge is 0.375 e. The highest BCUT2D eigenvalue weighted by Crippen LogP contribution is 2.36. The van der Waals surface area contributed by atoms with Crippen molar-refractivity contribution in [2.45, 2.75) is 38.3 Å². The van der Waals surface area contributed by atoms with Gasteiger partial charge in [0.25, 0.3) is 0 Å². The van der Waals surface area contributed by atoms with Gasteiger partial charge in [-0.05, 0) is 37.0 Å². The molecule has 1 aromatic rings. The minimum absolute atomic E-state index is 0.0476. The summed E-state index contributed by atoms with van der Waals surface area (Å²) in [7, 11) is 0. The van der Waals surface area contributed by atoms with Crippen LogP contribution in [0.2, 0.25) is 0 Å². The zero-order valence-electron chi connectivity index (χ0n) is 14.1. The van der Waals surface area contributed by atoms with E-state index in [2.05, 4.69) is 15.5 Å². The van der Waals surface area contributed by atoms with Gasteiger partial charge in [0.2, 0.25) is 11.8 Å². The first kappa shape index (κ1) is 16.9. The van der Waals surface area contributed by atoms with E-state index in [1.807, 2.05) is 24.3 Å². The molecule has 2 aliphatic heterocycles. The Morgan fingerprint density at radius 2 is 1.83 bits per heavy atom. The van der Waals surface area contributed by atoms with Crippen molar-refractivity contribution in [1.82, 2.24) is 10.2 Å². The smallest absolute Gasteiger partial charge is 0.234 e. The van der Waals surface area contributed by atoms with Gasteiger partial charge in [-0.15, -0.1) is 0 Å². The maximum Gasteiger partial charge on any atom is 0.234 e. The lowest BCUT2D eigenvalue weighted by atomic mass is 9.84. The van der Waals surface area contributed by atoms with Crippen LogP contribution in [0.25, 0.3) is 0 Å². The van der Waals surface area contributed by atoms with Crippen molar-refractivity contribution >= 4 is 17.5 Å². The molecule has 1 aromatic carbocycles. The van der Waals surface area contributed by atoms with Gasteiger partial charge in [0, 0.05) is 32.2 Å². The Balaban J connectivity index is 1.38. The van der Waals surface area contributed by atoms with E-state index < -0.39 is 0 Å². The third-order valence-corrected chi connectivity index (χ3v) is 4.86. The highest BCUT2D eigenvalue weighted by atomic mass is 16.5. The fourth-order valence-electron chi connectivity index (χ4n) is 3.27. The van der Waals surface area contributed by atoms with Crippen molar-refractivity contribution in [1.29, 1.82) is 0 Å². The van der Waals surface area contributed by atoms with E-state index in [4.69, 9.17) is 4.74 Å². The van der Waals surface area contributed by atoms with Crippen LogP contribution >= 0.6 is 0 Å². The molecule has 2 heterocycles. The van der Waals surface area contributed by atoms with E-state index in [-0.39, 0.29) is 17.4 Å². The lowest BCUT2D eigenvalue weighted by Crippen LogP contribution is -2.53. The van der Waals surface area contributed by atoms with Crippen molar-refractivity contribution < 1.29 is 14.3 Å².